The second-order valence-corrected chi connectivity index (χ2v) is 8.96. The van der Waals surface area contributed by atoms with Crippen LogP contribution < -0.4 is 9.46 Å². The second-order valence-electron chi connectivity index (χ2n) is 6.92. The Bertz CT molecular complexity index is 1280. The molecule has 0 saturated heterocycles. The SMILES string of the molecule is COc1ccc([C@H](CNS(=O)(=O)c2ncn(C)c2Cl)c2c[nH]c3ccccc23)cc1. The Balaban J connectivity index is 1.71. The van der Waals surface area contributed by atoms with Gasteiger partial charge in [-0.1, -0.05) is 41.9 Å². The van der Waals surface area contributed by atoms with E-state index in [0.29, 0.717) is 0 Å². The first-order valence-electron chi connectivity index (χ1n) is 9.27. The predicted molar refractivity (Wildman–Crippen MR) is 117 cm³/mol. The van der Waals surface area contributed by atoms with E-state index < -0.39 is 10.0 Å². The van der Waals surface area contributed by atoms with Crippen LogP contribution in [-0.4, -0.2) is 36.6 Å². The molecular formula is C21H21ClN4O3S. The van der Waals surface area contributed by atoms with Gasteiger partial charge in [-0.2, -0.15) is 0 Å². The zero-order chi connectivity index (χ0) is 21.3. The van der Waals surface area contributed by atoms with Gasteiger partial charge in [0.25, 0.3) is 10.0 Å². The fraction of sp³-hybridized carbons (Fsp3) is 0.190. The molecule has 0 radical (unpaired) electrons. The molecule has 4 rings (SSSR count). The lowest BCUT2D eigenvalue weighted by molar-refractivity contribution is 0.414. The second kappa shape index (κ2) is 8.14. The molecular weight excluding hydrogens is 424 g/mol. The van der Waals surface area contributed by atoms with Gasteiger partial charge in [0.15, 0.2) is 0 Å². The Hall–Kier alpha value is -2.81. The number of ether oxygens (including phenoxy) is 1. The summed E-state index contributed by atoms with van der Waals surface area (Å²) in [5.74, 6) is 0.501. The smallest absolute Gasteiger partial charge is 0.261 e. The molecule has 4 aromatic rings. The summed E-state index contributed by atoms with van der Waals surface area (Å²) in [4.78, 5) is 7.19. The number of aromatic amines is 1. The molecule has 2 aromatic heterocycles. The van der Waals surface area contributed by atoms with Crippen LogP contribution in [0, 0.1) is 0 Å². The molecule has 0 bridgehead atoms. The number of fused-ring (bicyclic) bond motifs is 1. The van der Waals surface area contributed by atoms with E-state index in [1.54, 1.807) is 14.2 Å². The molecule has 2 heterocycles. The van der Waals surface area contributed by atoms with Gasteiger partial charge >= 0.3 is 0 Å². The van der Waals surface area contributed by atoms with Crippen LogP contribution in [0.3, 0.4) is 0 Å². The van der Waals surface area contributed by atoms with Crippen molar-refractivity contribution >= 4 is 32.5 Å². The molecule has 2 aromatic carbocycles. The summed E-state index contributed by atoms with van der Waals surface area (Å²) in [5.41, 5.74) is 2.93. The third kappa shape index (κ3) is 3.81. The van der Waals surface area contributed by atoms with Crippen molar-refractivity contribution in [2.45, 2.75) is 10.9 Å². The molecule has 0 fully saturated rings. The summed E-state index contributed by atoms with van der Waals surface area (Å²) in [5, 5.41) is 0.919. The van der Waals surface area contributed by atoms with Gasteiger partial charge in [0.2, 0.25) is 5.03 Å². The topological polar surface area (TPSA) is 89.0 Å². The first kappa shape index (κ1) is 20.5. The summed E-state index contributed by atoms with van der Waals surface area (Å²) < 4.78 is 35.1. The van der Waals surface area contributed by atoms with Gasteiger partial charge < -0.3 is 14.3 Å². The molecule has 0 aliphatic carbocycles. The lowest BCUT2D eigenvalue weighted by atomic mass is 9.91. The highest BCUT2D eigenvalue weighted by Crippen LogP contribution is 2.32. The van der Waals surface area contributed by atoms with Crippen LogP contribution in [0.5, 0.6) is 5.75 Å². The molecule has 0 spiro atoms. The zero-order valence-electron chi connectivity index (χ0n) is 16.5. The van der Waals surface area contributed by atoms with Gasteiger partial charge in [0, 0.05) is 36.6 Å². The van der Waals surface area contributed by atoms with E-state index in [2.05, 4.69) is 14.7 Å². The van der Waals surface area contributed by atoms with E-state index in [4.69, 9.17) is 16.3 Å². The van der Waals surface area contributed by atoms with E-state index in [-0.39, 0.29) is 22.6 Å². The number of methoxy groups -OCH3 is 1. The maximum atomic E-state index is 12.8. The number of sulfonamides is 1. The van der Waals surface area contributed by atoms with E-state index in [1.165, 1.54) is 10.9 Å². The van der Waals surface area contributed by atoms with E-state index in [9.17, 15) is 8.42 Å². The summed E-state index contributed by atoms with van der Waals surface area (Å²) in [6.07, 6.45) is 3.29. The minimum atomic E-state index is -3.88. The van der Waals surface area contributed by atoms with Crippen LogP contribution in [0.2, 0.25) is 5.15 Å². The predicted octanol–water partition coefficient (Wildman–Crippen LogP) is 3.67. The van der Waals surface area contributed by atoms with Crippen molar-refractivity contribution < 1.29 is 13.2 Å². The molecule has 30 heavy (non-hydrogen) atoms. The number of nitrogens with zero attached hydrogens (tertiary/aromatic N) is 2. The van der Waals surface area contributed by atoms with Crippen molar-refractivity contribution in [3.05, 3.63) is 77.3 Å². The maximum absolute atomic E-state index is 12.8. The van der Waals surface area contributed by atoms with Gasteiger partial charge in [-0.3, -0.25) is 0 Å². The summed E-state index contributed by atoms with van der Waals surface area (Å²) in [6.45, 7) is 0.142. The van der Waals surface area contributed by atoms with Crippen molar-refractivity contribution in [1.29, 1.82) is 0 Å². The maximum Gasteiger partial charge on any atom is 0.261 e. The Morgan fingerprint density at radius 1 is 1.20 bits per heavy atom. The highest BCUT2D eigenvalue weighted by atomic mass is 35.5. The molecule has 0 aliphatic rings. The number of H-pyrrole nitrogens is 1. The van der Waals surface area contributed by atoms with E-state index in [1.807, 2.05) is 54.7 Å². The van der Waals surface area contributed by atoms with Crippen LogP contribution in [-0.2, 0) is 17.1 Å². The van der Waals surface area contributed by atoms with Gasteiger partial charge in [0.1, 0.15) is 10.9 Å². The molecule has 156 valence electrons. The number of aryl methyl sites for hydroxylation is 1. The number of halogens is 1. The highest BCUT2D eigenvalue weighted by molar-refractivity contribution is 7.89. The lowest BCUT2D eigenvalue weighted by Gasteiger charge is -2.18. The van der Waals surface area contributed by atoms with Crippen LogP contribution >= 0.6 is 11.6 Å². The number of para-hydroxylation sites is 1. The van der Waals surface area contributed by atoms with Crippen molar-refractivity contribution in [2.24, 2.45) is 7.05 Å². The summed E-state index contributed by atoms with van der Waals surface area (Å²) in [7, 11) is -0.632. The van der Waals surface area contributed by atoms with Crippen molar-refractivity contribution in [3.63, 3.8) is 0 Å². The number of hydrogen-bond acceptors (Lipinski definition) is 4. The molecule has 0 amide bonds. The van der Waals surface area contributed by atoms with E-state index in [0.717, 1.165) is 27.8 Å². The number of benzene rings is 2. The van der Waals surface area contributed by atoms with Crippen molar-refractivity contribution in [3.8, 4) is 5.75 Å². The van der Waals surface area contributed by atoms with E-state index >= 15 is 0 Å². The van der Waals surface area contributed by atoms with Crippen LogP contribution in [0.1, 0.15) is 17.0 Å². The standard InChI is InChI=1S/C21H21ClN4O3S/c1-26-13-24-21(20(26)22)30(27,28)25-12-17(14-7-9-15(29-2)10-8-14)18-11-23-19-6-4-3-5-16(18)19/h3-11,13,17,23,25H,12H2,1-2H3/t17-/m0/s1. The number of imidazole rings is 1. The quantitative estimate of drug-likeness (QED) is 0.455. The first-order valence-corrected chi connectivity index (χ1v) is 11.1. The third-order valence-electron chi connectivity index (χ3n) is 5.08. The minimum Gasteiger partial charge on any atom is -0.497 e. The molecule has 9 heteroatoms. The third-order valence-corrected chi connectivity index (χ3v) is 6.99. The Kier molecular flexibility index (Phi) is 5.55. The summed E-state index contributed by atoms with van der Waals surface area (Å²) in [6, 6.07) is 15.5. The number of rotatable bonds is 7. The van der Waals surface area contributed by atoms with Gasteiger partial charge in [-0.15, -0.1) is 0 Å². The van der Waals surface area contributed by atoms with Crippen molar-refractivity contribution in [2.75, 3.05) is 13.7 Å². The molecule has 7 nitrogen and oxygen atoms in total. The Morgan fingerprint density at radius 2 is 1.93 bits per heavy atom. The van der Waals surface area contributed by atoms with Crippen LogP contribution in [0.4, 0.5) is 0 Å². The van der Waals surface area contributed by atoms with Gasteiger partial charge in [0.05, 0.1) is 13.4 Å². The number of nitrogens with one attached hydrogen (secondary N) is 2. The normalized spacial score (nSPS) is 12.9. The molecule has 0 saturated carbocycles. The first-order chi connectivity index (χ1) is 14.4. The average Bonchev–Trinajstić information content (AvgIpc) is 3.33. The number of aromatic nitrogens is 3. The van der Waals surface area contributed by atoms with Crippen LogP contribution in [0.15, 0.2) is 66.1 Å². The molecule has 0 aliphatic heterocycles. The Labute approximate surface area is 179 Å². The van der Waals surface area contributed by atoms with Crippen LogP contribution in [0.25, 0.3) is 10.9 Å². The average molecular weight is 445 g/mol. The fourth-order valence-electron chi connectivity index (χ4n) is 3.46. The minimum absolute atomic E-state index is 0.0654. The largest absolute Gasteiger partial charge is 0.497 e. The zero-order valence-corrected chi connectivity index (χ0v) is 18.0. The Morgan fingerprint density at radius 3 is 2.60 bits per heavy atom. The monoisotopic (exact) mass is 444 g/mol. The number of hydrogen-bond donors (Lipinski definition) is 2. The molecule has 0 unspecified atom stereocenters. The fourth-order valence-corrected chi connectivity index (χ4v) is 4.93. The highest BCUT2D eigenvalue weighted by Gasteiger charge is 2.25. The van der Waals surface area contributed by atoms with Crippen molar-refractivity contribution in [1.82, 2.24) is 19.3 Å². The lowest BCUT2D eigenvalue weighted by Crippen LogP contribution is -2.29. The summed E-state index contributed by atoms with van der Waals surface area (Å²) >= 11 is 6.10. The molecule has 1 atom stereocenters. The van der Waals surface area contributed by atoms with Gasteiger partial charge in [-0.25, -0.2) is 18.1 Å². The van der Waals surface area contributed by atoms with Gasteiger partial charge in [-0.05, 0) is 29.3 Å². The molecule has 2 N–H and O–H groups in total.